The average Bonchev–Trinajstić information content (AvgIpc) is 2.17. The molecule has 0 aliphatic carbocycles. The number of alkyl halides is 3. The van der Waals surface area contributed by atoms with Crippen molar-refractivity contribution in [1.82, 2.24) is 10.3 Å². The Morgan fingerprint density at radius 1 is 1.47 bits per heavy atom. The first-order chi connectivity index (χ1) is 7.03. The third-order valence-electron chi connectivity index (χ3n) is 1.97. The molecule has 0 fully saturated rings. The molecule has 0 amide bonds. The zero-order chi connectivity index (χ0) is 11.3. The highest BCUT2D eigenvalue weighted by molar-refractivity contribution is 5.14. The standard InChI is InChI=1S/C10H13F3N2/c1-2-15-9(6-10(11,12)13)8-4-3-5-14-7-8/h3-5,7,9,15H,2,6H2,1H3. The molecule has 0 bridgehead atoms. The number of halogens is 3. The quantitative estimate of drug-likeness (QED) is 0.840. The first-order valence-electron chi connectivity index (χ1n) is 4.73. The molecule has 0 aliphatic rings. The van der Waals surface area contributed by atoms with Crippen molar-refractivity contribution in [1.29, 1.82) is 0 Å². The smallest absolute Gasteiger partial charge is 0.310 e. The minimum Gasteiger partial charge on any atom is -0.310 e. The third kappa shape index (κ3) is 4.29. The minimum absolute atomic E-state index is 0.496. The summed E-state index contributed by atoms with van der Waals surface area (Å²) in [6.07, 6.45) is -2.03. The molecule has 0 aliphatic heterocycles. The number of aromatic nitrogens is 1. The zero-order valence-electron chi connectivity index (χ0n) is 8.38. The number of rotatable bonds is 4. The second kappa shape index (κ2) is 5.11. The summed E-state index contributed by atoms with van der Waals surface area (Å²) in [4.78, 5) is 3.81. The zero-order valence-corrected chi connectivity index (χ0v) is 8.38. The van der Waals surface area contributed by atoms with Crippen molar-refractivity contribution in [3.63, 3.8) is 0 Å². The van der Waals surface area contributed by atoms with Gasteiger partial charge in [0.2, 0.25) is 0 Å². The molecule has 0 saturated heterocycles. The van der Waals surface area contributed by atoms with E-state index in [0.29, 0.717) is 12.1 Å². The Morgan fingerprint density at radius 2 is 2.20 bits per heavy atom. The van der Waals surface area contributed by atoms with Gasteiger partial charge in [0.15, 0.2) is 0 Å². The molecule has 84 valence electrons. The van der Waals surface area contributed by atoms with Crippen LogP contribution in [0.1, 0.15) is 24.9 Å². The molecule has 0 spiro atoms. The van der Waals surface area contributed by atoms with Gasteiger partial charge in [-0.15, -0.1) is 0 Å². The van der Waals surface area contributed by atoms with Crippen LogP contribution in [0.25, 0.3) is 0 Å². The molecular formula is C10H13F3N2. The van der Waals surface area contributed by atoms with Gasteiger partial charge in [-0.05, 0) is 18.2 Å². The van der Waals surface area contributed by atoms with Crippen molar-refractivity contribution in [3.05, 3.63) is 30.1 Å². The minimum atomic E-state index is -4.16. The Hall–Kier alpha value is -1.10. The van der Waals surface area contributed by atoms with Crippen LogP contribution in [0.3, 0.4) is 0 Å². The molecular weight excluding hydrogens is 205 g/mol. The van der Waals surface area contributed by atoms with Gasteiger partial charge in [0, 0.05) is 18.4 Å². The summed E-state index contributed by atoms with van der Waals surface area (Å²) < 4.78 is 36.8. The first-order valence-corrected chi connectivity index (χ1v) is 4.73. The maximum Gasteiger partial charge on any atom is 0.390 e. The van der Waals surface area contributed by atoms with E-state index in [2.05, 4.69) is 10.3 Å². The Balaban J connectivity index is 2.75. The average molecular weight is 218 g/mol. The van der Waals surface area contributed by atoms with Crippen LogP contribution < -0.4 is 5.32 Å². The number of hydrogen-bond acceptors (Lipinski definition) is 2. The summed E-state index contributed by atoms with van der Waals surface area (Å²) in [5.41, 5.74) is 0.566. The monoisotopic (exact) mass is 218 g/mol. The molecule has 0 radical (unpaired) electrons. The summed E-state index contributed by atoms with van der Waals surface area (Å²) in [5, 5.41) is 2.80. The Bertz CT molecular complexity index is 284. The highest BCUT2D eigenvalue weighted by Gasteiger charge is 2.32. The maximum atomic E-state index is 12.3. The summed E-state index contributed by atoms with van der Waals surface area (Å²) in [6, 6.07) is 2.57. The fourth-order valence-electron chi connectivity index (χ4n) is 1.37. The summed E-state index contributed by atoms with van der Waals surface area (Å²) in [7, 11) is 0. The van der Waals surface area contributed by atoms with Crippen molar-refractivity contribution in [2.24, 2.45) is 0 Å². The van der Waals surface area contributed by atoms with Crippen molar-refractivity contribution >= 4 is 0 Å². The van der Waals surface area contributed by atoms with Crippen LogP contribution in [-0.2, 0) is 0 Å². The molecule has 1 atom stereocenters. The predicted octanol–water partition coefficient (Wildman–Crippen LogP) is 2.68. The van der Waals surface area contributed by atoms with Crippen molar-refractivity contribution < 1.29 is 13.2 Å². The van der Waals surface area contributed by atoms with Gasteiger partial charge < -0.3 is 5.32 Å². The predicted molar refractivity (Wildman–Crippen MR) is 51.3 cm³/mol. The topological polar surface area (TPSA) is 24.9 Å². The van der Waals surface area contributed by atoms with Crippen LogP contribution in [-0.4, -0.2) is 17.7 Å². The van der Waals surface area contributed by atoms with Crippen LogP contribution in [0.4, 0.5) is 13.2 Å². The van der Waals surface area contributed by atoms with Crippen LogP contribution in [0.2, 0.25) is 0 Å². The van der Waals surface area contributed by atoms with E-state index in [0.717, 1.165) is 0 Å². The number of pyridine rings is 1. The molecule has 1 rings (SSSR count). The van der Waals surface area contributed by atoms with E-state index in [-0.39, 0.29) is 0 Å². The van der Waals surface area contributed by atoms with Crippen molar-refractivity contribution in [2.45, 2.75) is 25.6 Å². The maximum absolute atomic E-state index is 12.3. The second-order valence-electron chi connectivity index (χ2n) is 3.22. The molecule has 1 aromatic rings. The van der Waals surface area contributed by atoms with E-state index in [4.69, 9.17) is 0 Å². The fraction of sp³-hybridized carbons (Fsp3) is 0.500. The van der Waals surface area contributed by atoms with E-state index in [1.54, 1.807) is 25.3 Å². The van der Waals surface area contributed by atoms with E-state index < -0.39 is 18.6 Å². The van der Waals surface area contributed by atoms with E-state index in [1.165, 1.54) is 6.20 Å². The van der Waals surface area contributed by atoms with E-state index in [1.807, 2.05) is 0 Å². The molecule has 1 N–H and O–H groups in total. The lowest BCUT2D eigenvalue weighted by atomic mass is 10.1. The van der Waals surface area contributed by atoms with Crippen LogP contribution >= 0.6 is 0 Å². The lowest BCUT2D eigenvalue weighted by Crippen LogP contribution is -2.26. The third-order valence-corrected chi connectivity index (χ3v) is 1.97. The van der Waals surface area contributed by atoms with E-state index >= 15 is 0 Å². The molecule has 0 aromatic carbocycles. The number of hydrogen-bond donors (Lipinski definition) is 1. The Labute approximate surface area is 86.5 Å². The molecule has 15 heavy (non-hydrogen) atoms. The van der Waals surface area contributed by atoms with Gasteiger partial charge in [-0.1, -0.05) is 13.0 Å². The van der Waals surface area contributed by atoms with E-state index in [9.17, 15) is 13.2 Å². The number of nitrogens with one attached hydrogen (secondary N) is 1. The van der Waals surface area contributed by atoms with Crippen LogP contribution in [0.5, 0.6) is 0 Å². The van der Waals surface area contributed by atoms with Crippen LogP contribution in [0.15, 0.2) is 24.5 Å². The lowest BCUT2D eigenvalue weighted by Gasteiger charge is -2.19. The van der Waals surface area contributed by atoms with Gasteiger partial charge in [-0.3, -0.25) is 4.98 Å². The number of nitrogens with zero attached hydrogens (tertiary/aromatic N) is 1. The van der Waals surface area contributed by atoms with Gasteiger partial charge in [-0.25, -0.2) is 0 Å². The first kappa shape index (κ1) is 12.0. The highest BCUT2D eigenvalue weighted by atomic mass is 19.4. The van der Waals surface area contributed by atoms with Gasteiger partial charge in [0.1, 0.15) is 0 Å². The fourth-order valence-corrected chi connectivity index (χ4v) is 1.37. The largest absolute Gasteiger partial charge is 0.390 e. The van der Waals surface area contributed by atoms with Crippen molar-refractivity contribution in [2.75, 3.05) is 6.54 Å². The normalized spacial score (nSPS) is 13.9. The molecule has 5 heteroatoms. The van der Waals surface area contributed by atoms with Gasteiger partial charge >= 0.3 is 6.18 Å². The Kier molecular flexibility index (Phi) is 4.08. The molecule has 1 heterocycles. The summed E-state index contributed by atoms with van der Waals surface area (Å²) >= 11 is 0. The van der Waals surface area contributed by atoms with Crippen LogP contribution in [0, 0.1) is 0 Å². The Morgan fingerprint density at radius 3 is 2.67 bits per heavy atom. The van der Waals surface area contributed by atoms with Crippen molar-refractivity contribution in [3.8, 4) is 0 Å². The molecule has 0 saturated carbocycles. The highest BCUT2D eigenvalue weighted by Crippen LogP contribution is 2.28. The summed E-state index contributed by atoms with van der Waals surface area (Å²) in [5.74, 6) is 0. The van der Waals surface area contributed by atoms with Gasteiger partial charge in [0.25, 0.3) is 0 Å². The molecule has 1 aromatic heterocycles. The SMILES string of the molecule is CCNC(CC(F)(F)F)c1cccnc1. The summed E-state index contributed by atoms with van der Waals surface area (Å²) in [6.45, 7) is 2.27. The molecule has 2 nitrogen and oxygen atoms in total. The van der Waals surface area contributed by atoms with Gasteiger partial charge in [-0.2, -0.15) is 13.2 Å². The second-order valence-corrected chi connectivity index (χ2v) is 3.22. The van der Waals surface area contributed by atoms with Gasteiger partial charge in [0.05, 0.1) is 6.42 Å². The lowest BCUT2D eigenvalue weighted by molar-refractivity contribution is -0.140. The molecule has 1 unspecified atom stereocenters.